The first-order chi connectivity index (χ1) is 16.0. The quantitative estimate of drug-likeness (QED) is 0.307. The van der Waals surface area contributed by atoms with E-state index in [4.69, 9.17) is 5.11 Å². The zero-order valence-electron chi connectivity index (χ0n) is 19.3. The van der Waals surface area contributed by atoms with Crippen molar-refractivity contribution in [3.05, 3.63) is 81.9 Å². The van der Waals surface area contributed by atoms with Gasteiger partial charge in [-0.15, -0.1) is 0 Å². The van der Waals surface area contributed by atoms with E-state index in [1.165, 1.54) is 5.56 Å². The Kier molecular flexibility index (Phi) is 9.39. The summed E-state index contributed by atoms with van der Waals surface area (Å²) in [6.07, 6.45) is 3.04. The third kappa shape index (κ3) is 7.94. The summed E-state index contributed by atoms with van der Waals surface area (Å²) in [5, 5.41) is 21.3. The molecule has 0 saturated carbocycles. The Hall–Kier alpha value is -2.77. The highest BCUT2D eigenvalue weighted by molar-refractivity contribution is 5.66. The van der Waals surface area contributed by atoms with Crippen LogP contribution in [0.1, 0.15) is 49.7 Å². The van der Waals surface area contributed by atoms with Gasteiger partial charge in [-0.05, 0) is 24.0 Å². The van der Waals surface area contributed by atoms with Crippen LogP contribution in [0.25, 0.3) is 0 Å². The molecule has 2 aromatic carbocycles. The molecule has 1 unspecified atom stereocenters. The number of hydrogen-bond donors (Lipinski definition) is 1. The summed E-state index contributed by atoms with van der Waals surface area (Å²) < 4.78 is 0. The van der Waals surface area contributed by atoms with Crippen molar-refractivity contribution >= 4 is 5.97 Å². The van der Waals surface area contributed by atoms with Gasteiger partial charge in [0.2, 0.25) is 5.54 Å². The van der Waals surface area contributed by atoms with Crippen molar-refractivity contribution in [1.82, 2.24) is 9.80 Å². The molecule has 1 heterocycles. The van der Waals surface area contributed by atoms with Gasteiger partial charge in [-0.3, -0.25) is 24.7 Å². The van der Waals surface area contributed by atoms with Crippen molar-refractivity contribution in [2.24, 2.45) is 0 Å². The fourth-order valence-corrected chi connectivity index (χ4v) is 4.66. The molecule has 0 bridgehead atoms. The molecule has 0 aromatic heterocycles. The van der Waals surface area contributed by atoms with Gasteiger partial charge in [0.25, 0.3) is 0 Å². The zero-order chi connectivity index (χ0) is 23.5. The Morgan fingerprint density at radius 2 is 1.45 bits per heavy atom. The van der Waals surface area contributed by atoms with E-state index in [9.17, 15) is 14.9 Å². The Morgan fingerprint density at radius 1 is 0.879 bits per heavy atom. The van der Waals surface area contributed by atoms with Gasteiger partial charge in [-0.1, -0.05) is 67.1 Å². The van der Waals surface area contributed by atoms with Crippen LogP contribution in [-0.2, 0) is 17.9 Å². The molecular formula is C26H35N3O4. The van der Waals surface area contributed by atoms with Gasteiger partial charge in [0, 0.05) is 56.9 Å². The van der Waals surface area contributed by atoms with Crippen LogP contribution in [0.4, 0.5) is 0 Å². The van der Waals surface area contributed by atoms with E-state index < -0.39 is 11.5 Å². The summed E-state index contributed by atoms with van der Waals surface area (Å²) in [6, 6.07) is 20.4. The molecule has 1 aliphatic rings. The maximum absolute atomic E-state index is 12.4. The van der Waals surface area contributed by atoms with Crippen molar-refractivity contribution in [2.75, 3.05) is 26.2 Å². The first-order valence-electron chi connectivity index (χ1n) is 11.9. The molecule has 7 heteroatoms. The predicted octanol–water partition coefficient (Wildman–Crippen LogP) is 4.45. The first kappa shape index (κ1) is 24.9. The number of aliphatic carboxylic acids is 1. The van der Waals surface area contributed by atoms with Crippen LogP contribution in [0, 0.1) is 10.1 Å². The number of carboxylic acids is 1. The number of carboxylic acid groups (broad SMARTS) is 1. The second-order valence-electron chi connectivity index (χ2n) is 9.14. The maximum atomic E-state index is 12.4. The highest BCUT2D eigenvalue weighted by atomic mass is 16.6. The van der Waals surface area contributed by atoms with Crippen molar-refractivity contribution in [3.8, 4) is 0 Å². The normalized spacial score (nSPS) is 20.1. The fourth-order valence-electron chi connectivity index (χ4n) is 4.66. The largest absolute Gasteiger partial charge is 0.481 e. The van der Waals surface area contributed by atoms with Crippen LogP contribution in [-0.4, -0.2) is 57.5 Å². The third-order valence-electron chi connectivity index (χ3n) is 6.56. The van der Waals surface area contributed by atoms with Crippen LogP contribution in [0.15, 0.2) is 60.7 Å². The van der Waals surface area contributed by atoms with Crippen LogP contribution >= 0.6 is 0 Å². The summed E-state index contributed by atoms with van der Waals surface area (Å²) in [5.41, 5.74) is 1.35. The number of nitrogens with zero attached hydrogens (tertiary/aromatic N) is 3. The minimum absolute atomic E-state index is 0.0613. The van der Waals surface area contributed by atoms with Crippen molar-refractivity contribution in [2.45, 2.75) is 57.2 Å². The fraction of sp³-hybridized carbons (Fsp3) is 0.500. The maximum Gasteiger partial charge on any atom is 0.303 e. The summed E-state index contributed by atoms with van der Waals surface area (Å²) in [6.45, 7) is 4.22. The SMILES string of the molecule is O=C(O)CCCCCC1([N+](=O)[O-])CCN(Cc2ccccc2)CCN(Cc2ccccc2)C1. The smallest absolute Gasteiger partial charge is 0.303 e. The molecule has 1 aliphatic heterocycles. The number of hydrogen-bond acceptors (Lipinski definition) is 5. The lowest BCUT2D eigenvalue weighted by molar-refractivity contribution is -0.574. The molecule has 1 N–H and O–H groups in total. The molecular weight excluding hydrogens is 418 g/mol. The molecule has 0 aliphatic carbocycles. The van der Waals surface area contributed by atoms with Crippen molar-refractivity contribution in [1.29, 1.82) is 0 Å². The molecule has 178 valence electrons. The molecule has 3 rings (SSSR count). The lowest BCUT2D eigenvalue weighted by Gasteiger charge is -2.37. The van der Waals surface area contributed by atoms with Crippen molar-refractivity contribution in [3.63, 3.8) is 0 Å². The van der Waals surface area contributed by atoms with E-state index in [1.54, 1.807) is 0 Å². The highest BCUT2D eigenvalue weighted by Crippen LogP contribution is 2.28. The van der Waals surface area contributed by atoms with E-state index in [1.807, 2.05) is 36.4 Å². The van der Waals surface area contributed by atoms with Crippen molar-refractivity contribution < 1.29 is 14.8 Å². The molecule has 0 radical (unpaired) electrons. The van der Waals surface area contributed by atoms with Gasteiger partial charge >= 0.3 is 5.97 Å². The standard InChI is InChI=1S/C26H35N3O4/c30-25(31)14-8-3-9-15-26(29(32)33)16-17-27(20-23-10-4-1-5-11-23)18-19-28(22-26)21-24-12-6-2-7-13-24/h1-2,4-7,10-13H,3,8-9,14-22H2,(H,30,31). The van der Waals surface area contributed by atoms with E-state index in [2.05, 4.69) is 34.1 Å². The van der Waals surface area contributed by atoms with Crippen LogP contribution in [0.3, 0.4) is 0 Å². The molecule has 0 spiro atoms. The molecule has 1 atom stereocenters. The number of unbranched alkanes of at least 4 members (excludes halogenated alkanes) is 2. The van der Waals surface area contributed by atoms with Gasteiger partial charge < -0.3 is 5.11 Å². The minimum Gasteiger partial charge on any atom is -0.481 e. The average molecular weight is 454 g/mol. The van der Waals surface area contributed by atoms with Gasteiger partial charge in [0.05, 0.1) is 6.54 Å². The number of nitro groups is 1. The molecule has 1 fully saturated rings. The number of carbonyl (C=O) groups is 1. The third-order valence-corrected chi connectivity index (χ3v) is 6.56. The van der Waals surface area contributed by atoms with Gasteiger partial charge in [-0.25, -0.2) is 0 Å². The van der Waals surface area contributed by atoms with E-state index in [0.29, 0.717) is 51.7 Å². The Bertz CT molecular complexity index is 878. The lowest BCUT2D eigenvalue weighted by Crippen LogP contribution is -2.54. The Balaban J connectivity index is 1.74. The van der Waals surface area contributed by atoms with Gasteiger partial charge in [-0.2, -0.15) is 0 Å². The van der Waals surface area contributed by atoms with Crippen LogP contribution in [0.2, 0.25) is 0 Å². The summed E-state index contributed by atoms with van der Waals surface area (Å²) in [4.78, 5) is 27.7. The zero-order valence-corrected chi connectivity index (χ0v) is 19.3. The number of rotatable bonds is 11. The second kappa shape index (κ2) is 12.5. The van der Waals surface area contributed by atoms with Crippen LogP contribution in [0.5, 0.6) is 0 Å². The van der Waals surface area contributed by atoms with E-state index in [0.717, 1.165) is 25.2 Å². The summed E-state index contributed by atoms with van der Waals surface area (Å²) in [7, 11) is 0. The summed E-state index contributed by atoms with van der Waals surface area (Å²) >= 11 is 0. The second-order valence-corrected chi connectivity index (χ2v) is 9.14. The van der Waals surface area contributed by atoms with Gasteiger partial charge in [0.1, 0.15) is 0 Å². The first-order valence-corrected chi connectivity index (χ1v) is 11.9. The van der Waals surface area contributed by atoms with Crippen LogP contribution < -0.4 is 0 Å². The molecule has 1 saturated heterocycles. The predicted molar refractivity (Wildman–Crippen MR) is 129 cm³/mol. The number of benzene rings is 2. The van der Waals surface area contributed by atoms with E-state index >= 15 is 0 Å². The lowest BCUT2D eigenvalue weighted by atomic mass is 9.87. The molecule has 7 nitrogen and oxygen atoms in total. The topological polar surface area (TPSA) is 86.9 Å². The average Bonchev–Trinajstić information content (AvgIpc) is 2.79. The minimum atomic E-state index is -1.02. The van der Waals surface area contributed by atoms with E-state index in [-0.39, 0.29) is 11.3 Å². The summed E-state index contributed by atoms with van der Waals surface area (Å²) in [5.74, 6) is -0.810. The molecule has 0 amide bonds. The Labute approximate surface area is 196 Å². The Morgan fingerprint density at radius 3 is 2.03 bits per heavy atom. The monoisotopic (exact) mass is 453 g/mol. The van der Waals surface area contributed by atoms with Gasteiger partial charge in [0.15, 0.2) is 0 Å². The molecule has 33 heavy (non-hydrogen) atoms. The molecule has 2 aromatic rings. The highest BCUT2D eigenvalue weighted by Gasteiger charge is 2.44.